The zero-order chi connectivity index (χ0) is 15.3. The van der Waals surface area contributed by atoms with Crippen LogP contribution >= 0.6 is 0 Å². The third-order valence-corrected chi connectivity index (χ3v) is 6.34. The van der Waals surface area contributed by atoms with Crippen molar-refractivity contribution in [3.8, 4) is 0 Å². The van der Waals surface area contributed by atoms with E-state index in [0.717, 1.165) is 5.92 Å². The third-order valence-electron chi connectivity index (χ3n) is 6.34. The lowest BCUT2D eigenvalue weighted by Gasteiger charge is -2.54. The zero-order valence-corrected chi connectivity index (χ0v) is 15.0. The normalized spacial score (nSPS) is 29.7. The summed E-state index contributed by atoms with van der Waals surface area (Å²) in [6, 6.07) is 0. The van der Waals surface area contributed by atoms with Gasteiger partial charge in [0.15, 0.2) is 0 Å². The molecule has 1 saturated heterocycles. The molecule has 1 unspecified atom stereocenters. The van der Waals surface area contributed by atoms with E-state index in [4.69, 9.17) is 0 Å². The molecule has 2 heteroatoms. The lowest BCUT2D eigenvalue weighted by Crippen LogP contribution is -2.69. The number of unbranched alkanes of at least 4 members (excludes halogenated alkanes) is 4. The van der Waals surface area contributed by atoms with Gasteiger partial charge < -0.3 is 5.32 Å². The van der Waals surface area contributed by atoms with Gasteiger partial charge in [0.1, 0.15) is 0 Å². The predicted octanol–water partition coefficient (Wildman–Crippen LogP) is 4.59. The Balaban J connectivity index is 1.92. The SMILES string of the molecule is CCCCCCCN1CC(C)(C2CC2)NCC1(CC)CC. The number of nitrogens with zero attached hydrogens (tertiary/aromatic N) is 1. The van der Waals surface area contributed by atoms with Crippen molar-refractivity contribution in [1.29, 1.82) is 0 Å². The molecule has 0 amide bonds. The van der Waals surface area contributed by atoms with Crippen LogP contribution in [-0.4, -0.2) is 35.6 Å². The Bertz CT molecular complexity index is 307. The van der Waals surface area contributed by atoms with Crippen molar-refractivity contribution in [2.45, 2.75) is 96.6 Å². The highest BCUT2D eigenvalue weighted by molar-refractivity contribution is 5.08. The molecule has 2 aliphatic rings. The van der Waals surface area contributed by atoms with Gasteiger partial charge in [0.05, 0.1) is 0 Å². The van der Waals surface area contributed by atoms with Gasteiger partial charge in [0, 0.05) is 24.2 Å². The molecule has 2 nitrogen and oxygen atoms in total. The summed E-state index contributed by atoms with van der Waals surface area (Å²) in [4.78, 5) is 2.87. The second-order valence-electron chi connectivity index (χ2n) is 7.81. The van der Waals surface area contributed by atoms with E-state index in [9.17, 15) is 0 Å². The number of rotatable bonds is 9. The zero-order valence-electron chi connectivity index (χ0n) is 15.0. The maximum absolute atomic E-state index is 3.95. The van der Waals surface area contributed by atoms with Crippen LogP contribution in [0.1, 0.15) is 85.5 Å². The van der Waals surface area contributed by atoms with E-state index in [1.54, 1.807) is 0 Å². The molecule has 0 bridgehead atoms. The first-order valence-corrected chi connectivity index (χ1v) is 9.60. The van der Waals surface area contributed by atoms with Gasteiger partial charge in [-0.25, -0.2) is 0 Å². The summed E-state index contributed by atoms with van der Waals surface area (Å²) in [5.41, 5.74) is 0.802. The monoisotopic (exact) mass is 294 g/mol. The van der Waals surface area contributed by atoms with Gasteiger partial charge in [-0.05, 0) is 51.5 Å². The summed E-state index contributed by atoms with van der Waals surface area (Å²) in [7, 11) is 0. The molecule has 1 saturated carbocycles. The van der Waals surface area contributed by atoms with E-state index in [0.29, 0.717) is 11.1 Å². The molecule has 124 valence electrons. The van der Waals surface area contributed by atoms with Gasteiger partial charge in [-0.1, -0.05) is 46.5 Å². The van der Waals surface area contributed by atoms with Gasteiger partial charge in [0.2, 0.25) is 0 Å². The van der Waals surface area contributed by atoms with Crippen LogP contribution in [0.4, 0.5) is 0 Å². The molecule has 0 spiro atoms. The predicted molar refractivity (Wildman–Crippen MR) is 92.8 cm³/mol. The molecule has 1 aliphatic heterocycles. The van der Waals surface area contributed by atoms with Crippen LogP contribution in [0.15, 0.2) is 0 Å². The first-order valence-electron chi connectivity index (χ1n) is 9.60. The Morgan fingerprint density at radius 3 is 2.24 bits per heavy atom. The first kappa shape index (κ1) is 17.3. The standard InChI is InChI=1S/C19H38N2/c1-5-8-9-10-11-14-21-16-18(4,17-12-13-17)20-15-19(21,6-2)7-3/h17,20H,5-16H2,1-4H3. The Morgan fingerprint density at radius 2 is 1.67 bits per heavy atom. The van der Waals surface area contributed by atoms with Crippen molar-refractivity contribution < 1.29 is 0 Å². The van der Waals surface area contributed by atoms with Gasteiger partial charge in [-0.15, -0.1) is 0 Å². The first-order chi connectivity index (χ1) is 10.1. The molecule has 0 aromatic rings. The van der Waals surface area contributed by atoms with E-state index in [2.05, 4.69) is 37.9 Å². The van der Waals surface area contributed by atoms with Gasteiger partial charge in [-0.3, -0.25) is 4.90 Å². The van der Waals surface area contributed by atoms with Crippen molar-refractivity contribution in [2.75, 3.05) is 19.6 Å². The Kier molecular flexibility index (Phi) is 6.14. The average molecular weight is 295 g/mol. The molecule has 0 aromatic heterocycles. The summed E-state index contributed by atoms with van der Waals surface area (Å²) >= 11 is 0. The maximum Gasteiger partial charge on any atom is 0.0329 e. The summed E-state index contributed by atoms with van der Waals surface area (Å²) in [5, 5.41) is 3.95. The molecule has 0 radical (unpaired) electrons. The summed E-state index contributed by atoms with van der Waals surface area (Å²) in [5.74, 6) is 0.937. The van der Waals surface area contributed by atoms with Gasteiger partial charge >= 0.3 is 0 Å². The highest BCUT2D eigenvalue weighted by atomic mass is 15.3. The van der Waals surface area contributed by atoms with Crippen LogP contribution in [0.25, 0.3) is 0 Å². The fourth-order valence-electron chi connectivity index (χ4n) is 4.26. The Morgan fingerprint density at radius 1 is 1.00 bits per heavy atom. The molecule has 21 heavy (non-hydrogen) atoms. The average Bonchev–Trinajstić information content (AvgIpc) is 3.33. The van der Waals surface area contributed by atoms with Crippen molar-refractivity contribution >= 4 is 0 Å². The van der Waals surface area contributed by atoms with Crippen molar-refractivity contribution in [3.05, 3.63) is 0 Å². The van der Waals surface area contributed by atoms with E-state index in [-0.39, 0.29) is 0 Å². The fourth-order valence-corrected chi connectivity index (χ4v) is 4.26. The van der Waals surface area contributed by atoms with Crippen LogP contribution in [0, 0.1) is 5.92 Å². The van der Waals surface area contributed by atoms with Gasteiger partial charge in [-0.2, -0.15) is 0 Å². The topological polar surface area (TPSA) is 15.3 Å². The second-order valence-corrected chi connectivity index (χ2v) is 7.81. The molecular formula is C19H38N2. The summed E-state index contributed by atoms with van der Waals surface area (Å²) in [6.07, 6.45) is 12.4. The molecule has 1 N–H and O–H groups in total. The Labute approximate surface area is 133 Å². The molecule has 1 aliphatic carbocycles. The Hall–Kier alpha value is -0.0800. The minimum absolute atomic E-state index is 0.386. The van der Waals surface area contributed by atoms with E-state index < -0.39 is 0 Å². The summed E-state index contributed by atoms with van der Waals surface area (Å²) < 4.78 is 0. The lowest BCUT2D eigenvalue weighted by molar-refractivity contribution is -0.00446. The highest BCUT2D eigenvalue weighted by Crippen LogP contribution is 2.43. The molecule has 1 atom stereocenters. The number of hydrogen-bond donors (Lipinski definition) is 1. The molecule has 0 aromatic carbocycles. The molecule has 2 fully saturated rings. The van der Waals surface area contributed by atoms with Crippen LogP contribution in [0.3, 0.4) is 0 Å². The van der Waals surface area contributed by atoms with Crippen LogP contribution < -0.4 is 5.32 Å². The number of piperazine rings is 1. The fraction of sp³-hybridized carbons (Fsp3) is 1.00. The van der Waals surface area contributed by atoms with Crippen molar-refractivity contribution in [1.82, 2.24) is 10.2 Å². The van der Waals surface area contributed by atoms with E-state index in [1.165, 1.54) is 77.4 Å². The van der Waals surface area contributed by atoms with Crippen molar-refractivity contribution in [3.63, 3.8) is 0 Å². The molecule has 1 heterocycles. The maximum atomic E-state index is 3.95. The van der Waals surface area contributed by atoms with Gasteiger partial charge in [0.25, 0.3) is 0 Å². The smallest absolute Gasteiger partial charge is 0.0329 e. The van der Waals surface area contributed by atoms with Crippen LogP contribution in [0.2, 0.25) is 0 Å². The van der Waals surface area contributed by atoms with E-state index in [1.807, 2.05) is 0 Å². The third kappa shape index (κ3) is 4.01. The quantitative estimate of drug-likeness (QED) is 0.626. The number of nitrogens with one attached hydrogen (secondary N) is 1. The van der Waals surface area contributed by atoms with Crippen molar-refractivity contribution in [2.24, 2.45) is 5.92 Å². The number of hydrogen-bond acceptors (Lipinski definition) is 2. The van der Waals surface area contributed by atoms with Crippen LogP contribution in [-0.2, 0) is 0 Å². The largest absolute Gasteiger partial charge is 0.308 e. The lowest BCUT2D eigenvalue weighted by atomic mass is 9.81. The molecular weight excluding hydrogens is 256 g/mol. The highest BCUT2D eigenvalue weighted by Gasteiger charge is 2.49. The molecule has 2 rings (SSSR count). The van der Waals surface area contributed by atoms with E-state index >= 15 is 0 Å². The summed E-state index contributed by atoms with van der Waals surface area (Å²) in [6.45, 7) is 13.3. The minimum Gasteiger partial charge on any atom is -0.308 e. The second kappa shape index (κ2) is 7.46. The van der Waals surface area contributed by atoms with Crippen LogP contribution in [0.5, 0.6) is 0 Å². The minimum atomic E-state index is 0.386.